The van der Waals surface area contributed by atoms with Gasteiger partial charge in [0.25, 0.3) is 5.91 Å². The van der Waals surface area contributed by atoms with Crippen LogP contribution in [0.5, 0.6) is 0 Å². The summed E-state index contributed by atoms with van der Waals surface area (Å²) in [6.45, 7) is 0.445. The van der Waals surface area contributed by atoms with Crippen LogP contribution < -0.4 is 0 Å². The van der Waals surface area contributed by atoms with Gasteiger partial charge in [-0.3, -0.25) is 4.79 Å². The predicted molar refractivity (Wildman–Crippen MR) is 101 cm³/mol. The number of nitrogens with zero attached hydrogens (tertiary/aromatic N) is 4. The lowest BCUT2D eigenvalue weighted by Gasteiger charge is -2.18. The smallest absolute Gasteiger partial charge is 0.260 e. The number of furan rings is 1. The maximum atomic E-state index is 13.1. The molecule has 132 valence electrons. The largest absolute Gasteiger partial charge is 0.467 e. The van der Waals surface area contributed by atoms with Crippen LogP contribution in [0.1, 0.15) is 16.1 Å². The number of hydrogen-bond donors (Lipinski definition) is 0. The Morgan fingerprint density at radius 2 is 2.04 bits per heavy atom. The highest BCUT2D eigenvalue weighted by Gasteiger charge is 2.22. The van der Waals surface area contributed by atoms with E-state index in [0.717, 1.165) is 11.3 Å². The van der Waals surface area contributed by atoms with Crippen LogP contribution in [0.4, 0.5) is 0 Å². The summed E-state index contributed by atoms with van der Waals surface area (Å²) < 4.78 is 7.01. The second-order valence-corrected chi connectivity index (χ2v) is 5.93. The summed E-state index contributed by atoms with van der Waals surface area (Å²) in [5.41, 5.74) is 2.73. The van der Waals surface area contributed by atoms with Crippen molar-refractivity contribution in [1.29, 1.82) is 0 Å². The highest BCUT2D eigenvalue weighted by molar-refractivity contribution is 6.00. The van der Waals surface area contributed by atoms with Crippen molar-refractivity contribution in [3.63, 3.8) is 0 Å². The molecule has 4 rings (SSSR count). The molecule has 3 heterocycles. The zero-order valence-electron chi connectivity index (χ0n) is 14.4. The van der Waals surface area contributed by atoms with E-state index in [4.69, 9.17) is 10.8 Å². The first-order valence-corrected chi connectivity index (χ1v) is 8.41. The van der Waals surface area contributed by atoms with Crippen LogP contribution in [-0.2, 0) is 6.54 Å². The Labute approximate surface area is 156 Å². The SMILES string of the molecule is C#CCN(Cc1ccco1)C(=O)c1cnn2c(-c3ccccc3)ccnc12. The summed E-state index contributed by atoms with van der Waals surface area (Å²) in [4.78, 5) is 19.0. The second kappa shape index (κ2) is 7.18. The first-order chi connectivity index (χ1) is 13.3. The average Bonchev–Trinajstić information content (AvgIpc) is 3.37. The number of fused-ring (bicyclic) bond motifs is 1. The van der Waals surface area contributed by atoms with Gasteiger partial charge in [0.05, 0.1) is 31.2 Å². The summed E-state index contributed by atoms with van der Waals surface area (Å²) in [6.07, 6.45) is 10.2. The summed E-state index contributed by atoms with van der Waals surface area (Å²) in [7, 11) is 0. The van der Waals surface area contributed by atoms with Crippen LogP contribution in [0, 0.1) is 12.3 Å². The molecule has 0 unspecified atom stereocenters. The van der Waals surface area contributed by atoms with E-state index in [1.54, 1.807) is 29.1 Å². The summed E-state index contributed by atoms with van der Waals surface area (Å²) in [5.74, 6) is 2.95. The molecule has 1 amide bonds. The van der Waals surface area contributed by atoms with Crippen LogP contribution in [-0.4, -0.2) is 31.9 Å². The van der Waals surface area contributed by atoms with Crippen LogP contribution in [0.25, 0.3) is 16.9 Å². The number of terminal acetylenes is 1. The minimum absolute atomic E-state index is 0.162. The molecule has 0 fully saturated rings. The molecule has 6 heteroatoms. The van der Waals surface area contributed by atoms with Crippen LogP contribution >= 0.6 is 0 Å². The molecule has 0 bridgehead atoms. The van der Waals surface area contributed by atoms with Gasteiger partial charge in [-0.15, -0.1) is 6.42 Å². The zero-order chi connectivity index (χ0) is 18.6. The van der Waals surface area contributed by atoms with E-state index in [-0.39, 0.29) is 19.0 Å². The monoisotopic (exact) mass is 356 g/mol. The third-order valence-corrected chi connectivity index (χ3v) is 4.20. The molecule has 0 radical (unpaired) electrons. The Hall–Kier alpha value is -3.85. The second-order valence-electron chi connectivity index (χ2n) is 5.93. The van der Waals surface area contributed by atoms with Gasteiger partial charge in [-0.05, 0) is 18.2 Å². The van der Waals surface area contributed by atoms with E-state index in [0.29, 0.717) is 17.0 Å². The van der Waals surface area contributed by atoms with Gasteiger partial charge in [0.15, 0.2) is 5.65 Å². The number of aromatic nitrogens is 3. The van der Waals surface area contributed by atoms with E-state index < -0.39 is 0 Å². The Morgan fingerprint density at radius 1 is 1.19 bits per heavy atom. The van der Waals surface area contributed by atoms with Gasteiger partial charge in [0.1, 0.15) is 11.3 Å². The van der Waals surface area contributed by atoms with Gasteiger partial charge in [-0.2, -0.15) is 5.10 Å². The quantitative estimate of drug-likeness (QED) is 0.515. The van der Waals surface area contributed by atoms with Gasteiger partial charge < -0.3 is 9.32 Å². The Bertz CT molecular complexity index is 1110. The Balaban J connectivity index is 1.73. The van der Waals surface area contributed by atoms with E-state index in [2.05, 4.69) is 16.0 Å². The molecule has 0 saturated carbocycles. The highest BCUT2D eigenvalue weighted by Crippen LogP contribution is 2.21. The first-order valence-electron chi connectivity index (χ1n) is 8.41. The lowest BCUT2D eigenvalue weighted by molar-refractivity contribution is 0.0757. The normalized spacial score (nSPS) is 10.6. The number of rotatable bonds is 5. The van der Waals surface area contributed by atoms with Gasteiger partial charge in [-0.25, -0.2) is 9.50 Å². The van der Waals surface area contributed by atoms with Gasteiger partial charge in [0.2, 0.25) is 0 Å². The van der Waals surface area contributed by atoms with E-state index in [9.17, 15) is 4.79 Å². The fraction of sp³-hybridized carbons (Fsp3) is 0.0952. The standard InChI is InChI=1S/C21H16N4O2/c1-2-12-24(15-17-9-6-13-27-17)21(26)18-14-23-25-19(10-11-22-20(18)25)16-7-4-3-5-8-16/h1,3-11,13-14H,12,15H2. The van der Waals surface area contributed by atoms with Crippen molar-refractivity contribution < 1.29 is 9.21 Å². The molecule has 0 spiro atoms. The van der Waals surface area contributed by atoms with Gasteiger partial charge in [0, 0.05) is 11.8 Å². The van der Waals surface area contributed by atoms with E-state index in [1.165, 1.54) is 11.1 Å². The topological polar surface area (TPSA) is 63.6 Å². The molecule has 0 saturated heterocycles. The summed E-state index contributed by atoms with van der Waals surface area (Å²) >= 11 is 0. The van der Waals surface area contributed by atoms with Crippen molar-refractivity contribution in [3.8, 4) is 23.6 Å². The van der Waals surface area contributed by atoms with Crippen molar-refractivity contribution >= 4 is 11.6 Å². The van der Waals surface area contributed by atoms with Crippen LogP contribution in [0.3, 0.4) is 0 Å². The summed E-state index contributed by atoms with van der Waals surface area (Å²) in [6, 6.07) is 15.3. The number of carbonyl (C=O) groups is 1. The lowest BCUT2D eigenvalue weighted by atomic mass is 10.1. The lowest BCUT2D eigenvalue weighted by Crippen LogP contribution is -2.30. The van der Waals surface area contributed by atoms with Crippen molar-refractivity contribution in [2.24, 2.45) is 0 Å². The fourth-order valence-corrected chi connectivity index (χ4v) is 2.94. The van der Waals surface area contributed by atoms with E-state index in [1.807, 2.05) is 36.4 Å². The van der Waals surface area contributed by atoms with Crippen molar-refractivity contribution in [3.05, 3.63) is 78.5 Å². The Kier molecular flexibility index (Phi) is 4.42. The number of carbonyl (C=O) groups excluding carboxylic acids is 1. The molecule has 0 N–H and O–H groups in total. The number of amides is 1. The molecule has 1 aromatic carbocycles. The van der Waals surface area contributed by atoms with E-state index >= 15 is 0 Å². The van der Waals surface area contributed by atoms with Gasteiger partial charge in [-0.1, -0.05) is 36.3 Å². The number of hydrogen-bond acceptors (Lipinski definition) is 4. The number of benzene rings is 1. The predicted octanol–water partition coefficient (Wildman–Crippen LogP) is 3.26. The first kappa shape index (κ1) is 16.6. The molecule has 0 aliphatic heterocycles. The molecular weight excluding hydrogens is 340 g/mol. The molecule has 0 atom stereocenters. The van der Waals surface area contributed by atoms with Crippen molar-refractivity contribution in [2.45, 2.75) is 6.54 Å². The summed E-state index contributed by atoms with van der Waals surface area (Å²) in [5, 5.41) is 4.39. The molecule has 6 nitrogen and oxygen atoms in total. The molecule has 4 aromatic rings. The average molecular weight is 356 g/mol. The third kappa shape index (κ3) is 3.18. The molecule has 0 aliphatic carbocycles. The maximum Gasteiger partial charge on any atom is 0.260 e. The molecular formula is C21H16N4O2. The van der Waals surface area contributed by atoms with Crippen LogP contribution in [0.2, 0.25) is 0 Å². The minimum atomic E-state index is -0.239. The van der Waals surface area contributed by atoms with Crippen LogP contribution in [0.15, 0.2) is 71.6 Å². The zero-order valence-corrected chi connectivity index (χ0v) is 14.4. The third-order valence-electron chi connectivity index (χ3n) is 4.20. The van der Waals surface area contributed by atoms with Crippen molar-refractivity contribution in [1.82, 2.24) is 19.5 Å². The Morgan fingerprint density at radius 3 is 2.78 bits per heavy atom. The van der Waals surface area contributed by atoms with Crippen molar-refractivity contribution in [2.75, 3.05) is 6.54 Å². The molecule has 0 aliphatic rings. The fourth-order valence-electron chi connectivity index (χ4n) is 2.94. The molecule has 3 aromatic heterocycles. The van der Waals surface area contributed by atoms with Gasteiger partial charge >= 0.3 is 0 Å². The maximum absolute atomic E-state index is 13.1. The highest BCUT2D eigenvalue weighted by atomic mass is 16.3. The minimum Gasteiger partial charge on any atom is -0.467 e. The molecule has 27 heavy (non-hydrogen) atoms.